The highest BCUT2D eigenvalue weighted by Crippen LogP contribution is 2.29. The highest BCUT2D eigenvalue weighted by atomic mass is 32.1. The summed E-state index contributed by atoms with van der Waals surface area (Å²) in [6, 6.07) is 1.24. The Morgan fingerprint density at radius 3 is 3.07 bits per heavy atom. The molecule has 2 rings (SSSR count). The Hall–Kier alpha value is -0.410. The fourth-order valence-electron chi connectivity index (χ4n) is 2.18. The van der Waals surface area contributed by atoms with Gasteiger partial charge in [0.1, 0.15) is 5.01 Å². The maximum Gasteiger partial charge on any atom is 0.109 e. The summed E-state index contributed by atoms with van der Waals surface area (Å²) >= 11 is 1.77. The lowest BCUT2D eigenvalue weighted by Gasteiger charge is -2.14. The van der Waals surface area contributed by atoms with Crippen molar-refractivity contribution in [1.82, 2.24) is 10.3 Å². The predicted octanol–water partition coefficient (Wildman–Crippen LogP) is 2.98. The molecule has 1 saturated heterocycles. The van der Waals surface area contributed by atoms with Crippen LogP contribution in [0.2, 0.25) is 0 Å². The van der Waals surface area contributed by atoms with Crippen molar-refractivity contribution in [3.05, 3.63) is 16.6 Å². The molecule has 1 aromatic rings. The van der Waals surface area contributed by atoms with E-state index in [1.165, 1.54) is 24.3 Å². The third-order valence-electron chi connectivity index (χ3n) is 2.75. The number of nitrogens with zero attached hydrogens (tertiary/aromatic N) is 1. The Labute approximate surface area is 89.8 Å². The number of hydrogen-bond acceptors (Lipinski definition) is 3. The highest BCUT2D eigenvalue weighted by Gasteiger charge is 2.26. The van der Waals surface area contributed by atoms with Gasteiger partial charge in [0.15, 0.2) is 0 Å². The van der Waals surface area contributed by atoms with E-state index in [2.05, 4.69) is 29.5 Å². The van der Waals surface area contributed by atoms with Crippen LogP contribution in [0.4, 0.5) is 0 Å². The first-order chi connectivity index (χ1) is 6.75. The molecule has 2 heterocycles. The summed E-state index contributed by atoms with van der Waals surface area (Å²) in [4.78, 5) is 4.37. The maximum absolute atomic E-state index is 4.37. The van der Waals surface area contributed by atoms with Crippen LogP contribution in [-0.4, -0.2) is 11.0 Å². The van der Waals surface area contributed by atoms with Crippen molar-refractivity contribution >= 4 is 11.3 Å². The molecule has 78 valence electrons. The molecule has 0 aliphatic carbocycles. The molecule has 1 unspecified atom stereocenters. The van der Waals surface area contributed by atoms with E-state index in [1.54, 1.807) is 11.3 Å². The van der Waals surface area contributed by atoms with Crippen LogP contribution in [0.15, 0.2) is 11.6 Å². The lowest BCUT2D eigenvalue weighted by atomic mass is 10.0. The number of hydrogen-bond donors (Lipinski definition) is 1. The number of nitrogens with one attached hydrogen (secondary N) is 1. The molecule has 2 nitrogen and oxygen atoms in total. The smallest absolute Gasteiger partial charge is 0.109 e. The summed E-state index contributed by atoms with van der Waals surface area (Å²) < 4.78 is 0. The quantitative estimate of drug-likeness (QED) is 0.829. The van der Waals surface area contributed by atoms with Crippen molar-refractivity contribution in [3.8, 4) is 0 Å². The van der Waals surface area contributed by atoms with Crippen LogP contribution in [0.1, 0.15) is 44.2 Å². The molecule has 0 bridgehead atoms. The minimum atomic E-state index is 0.527. The van der Waals surface area contributed by atoms with Crippen LogP contribution < -0.4 is 5.32 Å². The number of thiazole rings is 1. The van der Waals surface area contributed by atoms with Crippen molar-refractivity contribution in [3.63, 3.8) is 0 Å². The van der Waals surface area contributed by atoms with Gasteiger partial charge in [-0.15, -0.1) is 11.3 Å². The van der Waals surface area contributed by atoms with Gasteiger partial charge >= 0.3 is 0 Å². The molecule has 1 N–H and O–H groups in total. The third-order valence-corrected chi connectivity index (χ3v) is 3.64. The van der Waals surface area contributed by atoms with E-state index in [4.69, 9.17) is 0 Å². The van der Waals surface area contributed by atoms with E-state index >= 15 is 0 Å². The number of aromatic nitrogens is 1. The summed E-state index contributed by atoms with van der Waals surface area (Å²) in [5.41, 5.74) is 0. The zero-order valence-corrected chi connectivity index (χ0v) is 9.68. The lowest BCUT2D eigenvalue weighted by Crippen LogP contribution is -2.25. The molecule has 3 heteroatoms. The molecular formula is C11H18N2S. The van der Waals surface area contributed by atoms with Gasteiger partial charge in [0, 0.05) is 17.6 Å². The predicted molar refractivity (Wildman–Crippen MR) is 60.5 cm³/mol. The van der Waals surface area contributed by atoms with E-state index in [9.17, 15) is 0 Å². The standard InChI is InChI=1S/C11H18N2S/c1-8(2)7-9-3-4-10(13-9)11-12-5-6-14-11/h5-6,8-10,13H,3-4,7H2,1-2H3/t9?,10-/m1/s1. The van der Waals surface area contributed by atoms with Crippen LogP contribution in [0, 0.1) is 5.92 Å². The van der Waals surface area contributed by atoms with Crippen molar-refractivity contribution in [1.29, 1.82) is 0 Å². The van der Waals surface area contributed by atoms with Crippen molar-refractivity contribution < 1.29 is 0 Å². The van der Waals surface area contributed by atoms with Crippen LogP contribution in [0.25, 0.3) is 0 Å². The average Bonchev–Trinajstić information content (AvgIpc) is 2.69. The molecule has 1 aliphatic heterocycles. The molecule has 0 radical (unpaired) electrons. The van der Waals surface area contributed by atoms with E-state index in [1.807, 2.05) is 6.20 Å². The van der Waals surface area contributed by atoms with Gasteiger partial charge in [-0.05, 0) is 25.2 Å². The molecule has 0 spiro atoms. The van der Waals surface area contributed by atoms with Gasteiger partial charge in [-0.3, -0.25) is 0 Å². The molecule has 0 aromatic carbocycles. The van der Waals surface area contributed by atoms with E-state index in [0.717, 1.165) is 5.92 Å². The molecular weight excluding hydrogens is 192 g/mol. The molecule has 14 heavy (non-hydrogen) atoms. The van der Waals surface area contributed by atoms with Crippen LogP contribution in [0.5, 0.6) is 0 Å². The zero-order valence-electron chi connectivity index (χ0n) is 8.86. The Morgan fingerprint density at radius 2 is 2.43 bits per heavy atom. The first-order valence-corrected chi connectivity index (χ1v) is 6.29. The van der Waals surface area contributed by atoms with E-state index in [0.29, 0.717) is 12.1 Å². The van der Waals surface area contributed by atoms with Crippen LogP contribution >= 0.6 is 11.3 Å². The molecule has 2 atom stereocenters. The first-order valence-electron chi connectivity index (χ1n) is 5.41. The van der Waals surface area contributed by atoms with Crippen LogP contribution in [0.3, 0.4) is 0 Å². The third kappa shape index (κ3) is 2.34. The molecule has 0 saturated carbocycles. The minimum Gasteiger partial charge on any atom is -0.305 e. The fourth-order valence-corrected chi connectivity index (χ4v) is 2.91. The van der Waals surface area contributed by atoms with Gasteiger partial charge in [0.05, 0.1) is 6.04 Å². The lowest BCUT2D eigenvalue weighted by molar-refractivity contribution is 0.447. The summed E-state index contributed by atoms with van der Waals surface area (Å²) in [6.45, 7) is 4.58. The Morgan fingerprint density at radius 1 is 1.57 bits per heavy atom. The van der Waals surface area contributed by atoms with Gasteiger partial charge in [-0.25, -0.2) is 4.98 Å². The van der Waals surface area contributed by atoms with Gasteiger partial charge in [-0.1, -0.05) is 13.8 Å². The topological polar surface area (TPSA) is 24.9 Å². The normalized spacial score (nSPS) is 27.4. The van der Waals surface area contributed by atoms with Gasteiger partial charge in [-0.2, -0.15) is 0 Å². The van der Waals surface area contributed by atoms with Gasteiger partial charge < -0.3 is 5.32 Å². The Kier molecular flexibility index (Phi) is 3.19. The monoisotopic (exact) mass is 210 g/mol. The summed E-state index contributed by atoms with van der Waals surface area (Å²) in [6.07, 6.45) is 5.76. The Bertz CT molecular complexity index is 269. The second-order valence-electron chi connectivity index (χ2n) is 4.49. The SMILES string of the molecule is CC(C)CC1CC[C@H](c2nccs2)N1. The molecule has 1 fully saturated rings. The summed E-state index contributed by atoms with van der Waals surface area (Å²) in [7, 11) is 0. The number of rotatable bonds is 3. The molecule has 0 amide bonds. The summed E-state index contributed by atoms with van der Waals surface area (Å²) in [5.74, 6) is 0.794. The first kappa shape index (κ1) is 10.1. The average molecular weight is 210 g/mol. The van der Waals surface area contributed by atoms with E-state index < -0.39 is 0 Å². The molecule has 1 aromatic heterocycles. The second kappa shape index (κ2) is 4.41. The van der Waals surface area contributed by atoms with E-state index in [-0.39, 0.29) is 0 Å². The second-order valence-corrected chi connectivity index (χ2v) is 5.42. The minimum absolute atomic E-state index is 0.527. The molecule has 1 aliphatic rings. The largest absolute Gasteiger partial charge is 0.305 e. The Balaban J connectivity index is 1.89. The van der Waals surface area contributed by atoms with Gasteiger partial charge in [0.25, 0.3) is 0 Å². The van der Waals surface area contributed by atoms with Crippen LogP contribution in [-0.2, 0) is 0 Å². The highest BCUT2D eigenvalue weighted by molar-refractivity contribution is 7.09. The maximum atomic E-state index is 4.37. The zero-order chi connectivity index (χ0) is 9.97. The van der Waals surface area contributed by atoms with Gasteiger partial charge in [0.2, 0.25) is 0 Å². The summed E-state index contributed by atoms with van der Waals surface area (Å²) in [5, 5.41) is 7.00. The van der Waals surface area contributed by atoms with Crippen molar-refractivity contribution in [2.45, 2.75) is 45.2 Å². The fraction of sp³-hybridized carbons (Fsp3) is 0.727. The van der Waals surface area contributed by atoms with Crippen molar-refractivity contribution in [2.75, 3.05) is 0 Å². The van der Waals surface area contributed by atoms with Crippen molar-refractivity contribution in [2.24, 2.45) is 5.92 Å².